The van der Waals surface area contributed by atoms with E-state index in [1.165, 1.54) is 14.2 Å². The number of aliphatic hydroxyl groups is 1. The van der Waals surface area contributed by atoms with Crippen molar-refractivity contribution in [3.05, 3.63) is 29.3 Å². The van der Waals surface area contributed by atoms with Gasteiger partial charge in [0.05, 0.1) is 30.9 Å². The lowest BCUT2D eigenvalue weighted by atomic mass is 9.83. The molecule has 1 aromatic rings. The van der Waals surface area contributed by atoms with E-state index in [-0.39, 0.29) is 19.1 Å². The minimum atomic E-state index is -1.13. The van der Waals surface area contributed by atoms with Crippen LogP contribution in [0.25, 0.3) is 0 Å². The van der Waals surface area contributed by atoms with Gasteiger partial charge >= 0.3 is 0 Å². The third-order valence-corrected chi connectivity index (χ3v) is 4.83. The standard InChI is InChI=1S/C18H22N2O5/c1-23-10-18(11-24-2)17(22)16(20-7-3-4-15(20)21)13-8-12(9-19)5-6-14(13)25-18/h5-6,8,16-17,22H,3-4,7,10-11H2,1-2H3/t16-,17+/m1/s1. The molecule has 0 aliphatic carbocycles. The smallest absolute Gasteiger partial charge is 0.223 e. The third kappa shape index (κ3) is 2.97. The number of carbonyl (C=O) groups is 1. The first-order valence-electron chi connectivity index (χ1n) is 8.25. The zero-order chi connectivity index (χ0) is 18.0. The van der Waals surface area contributed by atoms with E-state index in [9.17, 15) is 15.2 Å². The maximum atomic E-state index is 12.4. The number of hydrogen-bond acceptors (Lipinski definition) is 6. The van der Waals surface area contributed by atoms with Gasteiger partial charge in [0.25, 0.3) is 0 Å². The van der Waals surface area contributed by atoms with Gasteiger partial charge in [0.2, 0.25) is 5.91 Å². The summed E-state index contributed by atoms with van der Waals surface area (Å²) in [6.45, 7) is 0.785. The van der Waals surface area contributed by atoms with Crippen LogP contribution in [0.4, 0.5) is 0 Å². The lowest BCUT2D eigenvalue weighted by Gasteiger charge is -2.47. The number of amides is 1. The number of ether oxygens (including phenoxy) is 3. The Hall–Kier alpha value is -2.14. The second kappa shape index (κ2) is 7.00. The molecule has 1 fully saturated rings. The van der Waals surface area contributed by atoms with Crippen molar-refractivity contribution in [1.82, 2.24) is 4.90 Å². The molecular weight excluding hydrogens is 324 g/mol. The normalized spacial score (nSPS) is 24.6. The molecule has 1 aromatic carbocycles. The molecule has 0 saturated carbocycles. The summed E-state index contributed by atoms with van der Waals surface area (Å²) in [7, 11) is 3.05. The number of nitriles is 1. The summed E-state index contributed by atoms with van der Waals surface area (Å²) in [4.78, 5) is 14.0. The van der Waals surface area contributed by atoms with Crippen LogP contribution in [0.15, 0.2) is 18.2 Å². The summed E-state index contributed by atoms with van der Waals surface area (Å²) in [6.07, 6.45) is 0.160. The van der Waals surface area contributed by atoms with E-state index in [2.05, 4.69) is 6.07 Å². The van der Waals surface area contributed by atoms with Crippen LogP contribution in [0.3, 0.4) is 0 Å². The topological polar surface area (TPSA) is 92.0 Å². The number of benzene rings is 1. The molecule has 0 aromatic heterocycles. The van der Waals surface area contributed by atoms with Crippen LogP contribution in [-0.2, 0) is 14.3 Å². The number of methoxy groups -OCH3 is 2. The Morgan fingerprint density at radius 3 is 2.68 bits per heavy atom. The van der Waals surface area contributed by atoms with Gasteiger partial charge in [-0.15, -0.1) is 0 Å². The van der Waals surface area contributed by atoms with E-state index in [0.717, 1.165) is 6.42 Å². The van der Waals surface area contributed by atoms with Gasteiger partial charge in [-0.2, -0.15) is 5.26 Å². The number of nitrogens with zero attached hydrogens (tertiary/aromatic N) is 2. The summed E-state index contributed by atoms with van der Waals surface area (Å²) < 4.78 is 16.7. The second-order valence-corrected chi connectivity index (χ2v) is 6.48. The molecule has 134 valence electrons. The zero-order valence-electron chi connectivity index (χ0n) is 14.4. The summed E-state index contributed by atoms with van der Waals surface area (Å²) in [5, 5.41) is 20.4. The van der Waals surface area contributed by atoms with Gasteiger partial charge < -0.3 is 24.2 Å². The predicted molar refractivity (Wildman–Crippen MR) is 88.0 cm³/mol. The monoisotopic (exact) mass is 346 g/mol. The molecule has 2 aliphatic heterocycles. The van der Waals surface area contributed by atoms with Crippen LogP contribution >= 0.6 is 0 Å². The van der Waals surface area contributed by atoms with E-state index in [1.54, 1.807) is 23.1 Å². The Kier molecular flexibility index (Phi) is 4.95. The SMILES string of the molecule is COCC1(COC)Oc2ccc(C#N)cc2[C@@H](N2CCCC2=O)[C@@H]1O. The molecule has 25 heavy (non-hydrogen) atoms. The average molecular weight is 346 g/mol. The van der Waals surface area contributed by atoms with E-state index >= 15 is 0 Å². The molecule has 7 heteroatoms. The van der Waals surface area contributed by atoms with Crippen LogP contribution in [-0.4, -0.2) is 61.6 Å². The molecule has 0 radical (unpaired) electrons. The zero-order valence-corrected chi connectivity index (χ0v) is 14.4. The molecule has 1 saturated heterocycles. The highest BCUT2D eigenvalue weighted by Gasteiger charge is 2.53. The largest absolute Gasteiger partial charge is 0.479 e. The van der Waals surface area contributed by atoms with Crippen LogP contribution in [0.5, 0.6) is 5.75 Å². The molecule has 2 aliphatic rings. The average Bonchev–Trinajstić information content (AvgIpc) is 3.02. The quantitative estimate of drug-likeness (QED) is 0.855. The Balaban J connectivity index is 2.12. The molecule has 0 spiro atoms. The van der Waals surface area contributed by atoms with Crippen LogP contribution in [0, 0.1) is 11.3 Å². The number of hydrogen-bond donors (Lipinski definition) is 1. The molecule has 2 atom stereocenters. The Bertz CT molecular complexity index is 693. The third-order valence-electron chi connectivity index (χ3n) is 4.83. The van der Waals surface area contributed by atoms with Gasteiger partial charge in [0, 0.05) is 32.7 Å². The van der Waals surface area contributed by atoms with Gasteiger partial charge in [-0.1, -0.05) is 0 Å². The summed E-state index contributed by atoms with van der Waals surface area (Å²) in [5.74, 6) is 0.520. The molecule has 1 amide bonds. The number of aliphatic hydroxyl groups excluding tert-OH is 1. The van der Waals surface area contributed by atoms with E-state index in [4.69, 9.17) is 14.2 Å². The fourth-order valence-electron chi connectivity index (χ4n) is 3.74. The number of likely N-dealkylation sites (tertiary alicyclic amines) is 1. The first-order valence-corrected chi connectivity index (χ1v) is 8.25. The van der Waals surface area contributed by atoms with Crippen molar-refractivity contribution in [2.75, 3.05) is 34.0 Å². The van der Waals surface area contributed by atoms with Crippen LogP contribution in [0.2, 0.25) is 0 Å². The van der Waals surface area contributed by atoms with Gasteiger partial charge in [0.15, 0.2) is 5.60 Å². The molecule has 2 heterocycles. The summed E-state index contributed by atoms with van der Waals surface area (Å²) >= 11 is 0. The molecule has 7 nitrogen and oxygen atoms in total. The number of carbonyl (C=O) groups excluding carboxylic acids is 1. The van der Waals surface area contributed by atoms with Crippen molar-refractivity contribution in [1.29, 1.82) is 5.26 Å². The van der Waals surface area contributed by atoms with E-state index < -0.39 is 17.7 Å². The van der Waals surface area contributed by atoms with Crippen molar-refractivity contribution in [3.63, 3.8) is 0 Å². The highest BCUT2D eigenvalue weighted by Crippen LogP contribution is 2.45. The van der Waals surface area contributed by atoms with Crippen molar-refractivity contribution < 1.29 is 24.1 Å². The van der Waals surface area contributed by atoms with Gasteiger partial charge in [0.1, 0.15) is 11.9 Å². The summed E-state index contributed by atoms with van der Waals surface area (Å²) in [6, 6.07) is 6.53. The summed E-state index contributed by atoms with van der Waals surface area (Å²) in [5.41, 5.74) is -0.0279. The van der Waals surface area contributed by atoms with Crippen LogP contribution in [0.1, 0.15) is 30.0 Å². The molecule has 1 N–H and O–H groups in total. The minimum absolute atomic E-state index is 0.0111. The van der Waals surface area contributed by atoms with E-state index in [0.29, 0.717) is 29.8 Å². The maximum Gasteiger partial charge on any atom is 0.223 e. The van der Waals surface area contributed by atoms with Crippen molar-refractivity contribution in [2.24, 2.45) is 0 Å². The van der Waals surface area contributed by atoms with Crippen molar-refractivity contribution in [2.45, 2.75) is 30.6 Å². The molecule has 3 rings (SSSR count). The highest BCUT2D eigenvalue weighted by molar-refractivity contribution is 5.79. The van der Waals surface area contributed by atoms with Gasteiger partial charge in [-0.25, -0.2) is 0 Å². The number of rotatable bonds is 5. The lowest BCUT2D eigenvalue weighted by molar-refractivity contribution is -0.167. The first-order chi connectivity index (χ1) is 12.1. The maximum absolute atomic E-state index is 12.4. The van der Waals surface area contributed by atoms with Crippen molar-refractivity contribution in [3.8, 4) is 11.8 Å². The predicted octanol–water partition coefficient (Wildman–Crippen LogP) is 1.01. The Morgan fingerprint density at radius 2 is 2.12 bits per heavy atom. The first kappa shape index (κ1) is 17.7. The highest BCUT2D eigenvalue weighted by atomic mass is 16.6. The second-order valence-electron chi connectivity index (χ2n) is 6.48. The van der Waals surface area contributed by atoms with Gasteiger partial charge in [-0.3, -0.25) is 4.79 Å². The van der Waals surface area contributed by atoms with E-state index in [1.807, 2.05) is 0 Å². The molecule has 0 bridgehead atoms. The van der Waals surface area contributed by atoms with Gasteiger partial charge in [-0.05, 0) is 24.6 Å². The fourth-order valence-corrected chi connectivity index (χ4v) is 3.74. The molecule has 0 unspecified atom stereocenters. The Morgan fingerprint density at radius 1 is 1.40 bits per heavy atom. The van der Waals surface area contributed by atoms with Crippen LogP contribution < -0.4 is 4.74 Å². The molecular formula is C18H22N2O5. The fraction of sp³-hybridized carbons (Fsp3) is 0.556. The minimum Gasteiger partial charge on any atom is -0.479 e. The van der Waals surface area contributed by atoms with Crippen molar-refractivity contribution >= 4 is 5.91 Å². The number of fused-ring (bicyclic) bond motifs is 1. The lowest BCUT2D eigenvalue weighted by Crippen LogP contribution is -2.62. The Labute approximate surface area is 146 Å².